The zero-order valence-corrected chi connectivity index (χ0v) is 20.3. The summed E-state index contributed by atoms with van der Waals surface area (Å²) in [6.45, 7) is 4.39. The van der Waals surface area contributed by atoms with Crippen molar-refractivity contribution in [3.63, 3.8) is 0 Å². The Kier molecular flexibility index (Phi) is 6.55. The van der Waals surface area contributed by atoms with Gasteiger partial charge in [0.15, 0.2) is 0 Å². The topological polar surface area (TPSA) is 94.1 Å². The Labute approximate surface area is 210 Å². The van der Waals surface area contributed by atoms with Crippen LogP contribution < -0.4 is 14.8 Å². The number of carboxylic acid groups (broad SMARTS) is 1. The van der Waals surface area contributed by atoms with Crippen molar-refractivity contribution in [3.05, 3.63) is 82.9 Å². The largest absolute Gasteiger partial charge is 0.494 e. The van der Waals surface area contributed by atoms with E-state index in [1.165, 1.54) is 0 Å². The van der Waals surface area contributed by atoms with Gasteiger partial charge in [-0.1, -0.05) is 48.5 Å². The van der Waals surface area contributed by atoms with E-state index in [9.17, 15) is 14.7 Å². The third-order valence-corrected chi connectivity index (χ3v) is 6.72. The number of amides is 1. The quantitative estimate of drug-likeness (QED) is 0.438. The number of hydrogen-bond donors (Lipinski definition) is 2. The molecule has 2 unspecified atom stereocenters. The van der Waals surface area contributed by atoms with E-state index >= 15 is 0 Å². The molecule has 3 aromatic carbocycles. The summed E-state index contributed by atoms with van der Waals surface area (Å²) in [5, 5.41) is 12.3. The number of aliphatic carboxylic acids is 1. The second-order valence-electron chi connectivity index (χ2n) is 9.18. The molecule has 7 heteroatoms. The number of carbonyl (C=O) groups excluding carboxylic acids is 1. The fraction of sp³-hybridized carbons (Fsp3) is 0.310. The minimum Gasteiger partial charge on any atom is -0.494 e. The lowest BCUT2D eigenvalue weighted by atomic mass is 9.98. The van der Waals surface area contributed by atoms with E-state index < -0.39 is 18.1 Å². The van der Waals surface area contributed by atoms with E-state index in [0.717, 1.165) is 34.2 Å². The van der Waals surface area contributed by atoms with E-state index in [1.54, 1.807) is 6.07 Å². The van der Waals surface area contributed by atoms with Gasteiger partial charge in [0.05, 0.1) is 19.1 Å². The molecule has 7 nitrogen and oxygen atoms in total. The molecule has 186 valence electrons. The van der Waals surface area contributed by atoms with E-state index in [4.69, 9.17) is 14.2 Å². The van der Waals surface area contributed by atoms with Gasteiger partial charge in [-0.05, 0) is 48.2 Å². The van der Waals surface area contributed by atoms with Gasteiger partial charge in [-0.15, -0.1) is 0 Å². The molecule has 2 N–H and O–H groups in total. The van der Waals surface area contributed by atoms with Crippen molar-refractivity contribution in [2.24, 2.45) is 0 Å². The summed E-state index contributed by atoms with van der Waals surface area (Å²) in [7, 11) is 0. The highest BCUT2D eigenvalue weighted by Gasteiger charge is 2.31. The van der Waals surface area contributed by atoms with Gasteiger partial charge in [-0.2, -0.15) is 0 Å². The molecule has 0 radical (unpaired) electrons. The summed E-state index contributed by atoms with van der Waals surface area (Å²) >= 11 is 0. The van der Waals surface area contributed by atoms with E-state index in [2.05, 4.69) is 17.4 Å². The van der Waals surface area contributed by atoms with Crippen LogP contribution in [0.25, 0.3) is 11.1 Å². The molecule has 0 saturated heterocycles. The SMILES string of the molecule is CCOc1cc2c(cc1C(CC(=O)O)NC(=O)OCC1c3ccccc3-c3ccccc31)OC(C)C2. The molecule has 36 heavy (non-hydrogen) atoms. The summed E-state index contributed by atoms with van der Waals surface area (Å²) in [5.41, 5.74) is 6.05. The van der Waals surface area contributed by atoms with Crippen molar-refractivity contribution >= 4 is 12.1 Å². The predicted molar refractivity (Wildman–Crippen MR) is 135 cm³/mol. The van der Waals surface area contributed by atoms with Gasteiger partial charge in [-0.25, -0.2) is 4.79 Å². The Balaban J connectivity index is 1.36. The molecule has 0 spiro atoms. The highest BCUT2D eigenvalue weighted by Crippen LogP contribution is 2.44. The summed E-state index contributed by atoms with van der Waals surface area (Å²) in [6, 6.07) is 19.0. The molecule has 1 aliphatic carbocycles. The highest BCUT2D eigenvalue weighted by molar-refractivity contribution is 5.79. The van der Waals surface area contributed by atoms with Gasteiger partial charge in [0.25, 0.3) is 0 Å². The molecule has 3 aromatic rings. The number of rotatable bonds is 8. The van der Waals surface area contributed by atoms with Crippen LogP contribution in [0.1, 0.15) is 54.5 Å². The molecule has 1 amide bonds. The minimum absolute atomic E-state index is 0.0257. The zero-order valence-electron chi connectivity index (χ0n) is 20.3. The number of alkyl carbamates (subject to hydrolysis) is 1. The van der Waals surface area contributed by atoms with Crippen LogP contribution in [0.5, 0.6) is 11.5 Å². The van der Waals surface area contributed by atoms with Gasteiger partial charge < -0.3 is 24.6 Å². The maximum absolute atomic E-state index is 12.9. The van der Waals surface area contributed by atoms with E-state index in [-0.39, 0.29) is 25.0 Å². The third-order valence-electron chi connectivity index (χ3n) is 6.72. The first-order valence-electron chi connectivity index (χ1n) is 12.2. The van der Waals surface area contributed by atoms with Crippen molar-refractivity contribution in [2.45, 2.75) is 44.8 Å². The summed E-state index contributed by atoms with van der Waals surface area (Å²) in [5.74, 6) is 0.0935. The Morgan fingerprint density at radius 3 is 2.39 bits per heavy atom. The molecular weight excluding hydrogens is 458 g/mol. The number of fused-ring (bicyclic) bond motifs is 4. The maximum atomic E-state index is 12.9. The zero-order chi connectivity index (χ0) is 25.2. The lowest BCUT2D eigenvalue weighted by Crippen LogP contribution is -2.32. The lowest BCUT2D eigenvalue weighted by Gasteiger charge is -2.22. The molecule has 0 saturated carbocycles. The third kappa shape index (κ3) is 4.61. The fourth-order valence-corrected chi connectivity index (χ4v) is 5.20. The molecule has 2 atom stereocenters. The molecule has 0 bridgehead atoms. The summed E-state index contributed by atoms with van der Waals surface area (Å²) < 4.78 is 17.4. The highest BCUT2D eigenvalue weighted by atomic mass is 16.5. The summed E-state index contributed by atoms with van der Waals surface area (Å²) in [4.78, 5) is 24.6. The minimum atomic E-state index is -1.05. The van der Waals surface area contributed by atoms with Gasteiger partial charge in [0.1, 0.15) is 24.2 Å². The average molecular weight is 488 g/mol. The Morgan fingerprint density at radius 1 is 1.08 bits per heavy atom. The molecule has 1 heterocycles. The van der Waals surface area contributed by atoms with Crippen LogP contribution >= 0.6 is 0 Å². The molecule has 0 aromatic heterocycles. The van der Waals surface area contributed by atoms with Crippen LogP contribution in [0.2, 0.25) is 0 Å². The van der Waals surface area contributed by atoms with Crippen molar-refractivity contribution in [1.82, 2.24) is 5.32 Å². The normalized spacial score (nSPS) is 16.3. The lowest BCUT2D eigenvalue weighted by molar-refractivity contribution is -0.137. The van der Waals surface area contributed by atoms with E-state index in [0.29, 0.717) is 23.7 Å². The number of benzene rings is 3. The number of carbonyl (C=O) groups is 2. The van der Waals surface area contributed by atoms with Crippen molar-refractivity contribution in [2.75, 3.05) is 13.2 Å². The Morgan fingerprint density at radius 2 is 1.75 bits per heavy atom. The number of hydrogen-bond acceptors (Lipinski definition) is 5. The van der Waals surface area contributed by atoms with Gasteiger partial charge in [-0.3, -0.25) is 4.79 Å². The molecule has 1 aliphatic heterocycles. The van der Waals surface area contributed by atoms with Crippen LogP contribution in [-0.4, -0.2) is 36.5 Å². The maximum Gasteiger partial charge on any atom is 0.407 e. The van der Waals surface area contributed by atoms with Crippen LogP contribution in [0.3, 0.4) is 0 Å². The van der Waals surface area contributed by atoms with E-state index in [1.807, 2.05) is 56.3 Å². The standard InChI is InChI=1S/C29H29NO6/c1-3-34-27-13-18-12-17(2)36-26(18)14-23(27)25(15-28(31)32)30-29(33)35-16-24-21-10-6-4-8-19(21)20-9-5-7-11-22(20)24/h4-11,13-14,17,24-25H,3,12,15-16H2,1-2H3,(H,30,33)(H,31,32). The molecule has 0 fully saturated rings. The number of ether oxygens (including phenoxy) is 3. The number of nitrogens with one attached hydrogen (secondary N) is 1. The van der Waals surface area contributed by atoms with Crippen LogP contribution in [0.15, 0.2) is 60.7 Å². The first kappa shape index (κ1) is 23.7. The predicted octanol–water partition coefficient (Wildman–Crippen LogP) is 5.46. The Hall–Kier alpha value is -4.00. The average Bonchev–Trinajstić information content (AvgIpc) is 3.38. The summed E-state index contributed by atoms with van der Waals surface area (Å²) in [6.07, 6.45) is -0.226. The first-order chi connectivity index (χ1) is 17.4. The Bertz CT molecular complexity index is 1260. The van der Waals surface area contributed by atoms with Gasteiger partial charge in [0, 0.05) is 23.5 Å². The second-order valence-corrected chi connectivity index (χ2v) is 9.18. The van der Waals surface area contributed by atoms with Crippen molar-refractivity contribution < 1.29 is 28.9 Å². The van der Waals surface area contributed by atoms with Crippen molar-refractivity contribution in [3.8, 4) is 22.6 Å². The van der Waals surface area contributed by atoms with Gasteiger partial charge >= 0.3 is 12.1 Å². The van der Waals surface area contributed by atoms with Crippen LogP contribution in [0.4, 0.5) is 4.79 Å². The number of carboxylic acids is 1. The first-order valence-corrected chi connectivity index (χ1v) is 12.2. The monoisotopic (exact) mass is 487 g/mol. The molecular formula is C29H29NO6. The van der Waals surface area contributed by atoms with Crippen molar-refractivity contribution in [1.29, 1.82) is 0 Å². The van der Waals surface area contributed by atoms with Crippen LogP contribution in [0, 0.1) is 0 Å². The van der Waals surface area contributed by atoms with Crippen LogP contribution in [-0.2, 0) is 16.0 Å². The smallest absolute Gasteiger partial charge is 0.407 e. The fourth-order valence-electron chi connectivity index (χ4n) is 5.20. The molecule has 5 rings (SSSR count). The second kappa shape index (κ2) is 9.93. The van der Waals surface area contributed by atoms with Gasteiger partial charge in [0.2, 0.25) is 0 Å². The molecule has 2 aliphatic rings.